The minimum Gasteiger partial charge on any atom is -0.461 e. The molecule has 41 heavy (non-hydrogen) atoms. The molecule has 1 aromatic heterocycles. The maximum absolute atomic E-state index is 14.4. The smallest absolute Gasteiger partial charge is 0.318 e. The molecule has 2 aromatic rings. The Labute approximate surface area is 239 Å². The Morgan fingerprint density at radius 1 is 1.29 bits per heavy atom. The van der Waals surface area contributed by atoms with Crippen LogP contribution in [0.1, 0.15) is 73.9 Å². The summed E-state index contributed by atoms with van der Waals surface area (Å²) in [6.45, 7) is 8.40. The van der Waals surface area contributed by atoms with Crippen LogP contribution in [-0.2, 0) is 23.4 Å². The first-order chi connectivity index (χ1) is 19.6. The number of alkyl halides is 1. The van der Waals surface area contributed by atoms with Gasteiger partial charge in [-0.15, -0.1) is 0 Å². The zero-order valence-corrected chi connectivity index (χ0v) is 23.9. The van der Waals surface area contributed by atoms with Crippen molar-refractivity contribution >= 4 is 11.5 Å². The summed E-state index contributed by atoms with van der Waals surface area (Å²) in [5, 5.41) is 20.6. The lowest BCUT2D eigenvalue weighted by Crippen LogP contribution is -2.68. The highest BCUT2D eigenvalue weighted by atomic mass is 19.1. The molecule has 7 rings (SSSR count). The normalized spacial score (nSPS) is 33.2. The van der Waals surface area contributed by atoms with E-state index in [1.807, 2.05) is 26.0 Å². The number of aliphatic hydroxyl groups excluding tert-OH is 1. The van der Waals surface area contributed by atoms with E-state index < -0.39 is 23.4 Å². The third-order valence-electron chi connectivity index (χ3n) is 10.3. The number of allylic oxidation sites excluding steroid dienone is 1. The van der Waals surface area contributed by atoms with Gasteiger partial charge in [0, 0.05) is 42.7 Å². The monoisotopic (exact) mass is 560 g/mol. The van der Waals surface area contributed by atoms with E-state index in [1.54, 1.807) is 6.07 Å². The number of hydrogen-bond donors (Lipinski definition) is 2. The number of nitrogens with two attached hydrogens (primary N) is 1. The summed E-state index contributed by atoms with van der Waals surface area (Å²) >= 11 is 0. The second-order valence-electron chi connectivity index (χ2n) is 13.0. The van der Waals surface area contributed by atoms with Crippen molar-refractivity contribution in [2.45, 2.75) is 87.9 Å². The lowest BCUT2D eigenvalue weighted by molar-refractivity contribution is -0.0406. The summed E-state index contributed by atoms with van der Waals surface area (Å²) < 4.78 is 27.4. The second kappa shape index (κ2) is 9.12. The molecule has 9 nitrogen and oxygen atoms in total. The molecule has 216 valence electrons. The molecular formula is C31H37FN6O3. The Bertz CT molecular complexity index is 1490. The Morgan fingerprint density at radius 2 is 2.12 bits per heavy atom. The van der Waals surface area contributed by atoms with Crippen LogP contribution in [0.4, 0.5) is 15.9 Å². The zero-order chi connectivity index (χ0) is 28.7. The SMILES string of the molecule is CC1C=CC2(Cc3nc(OCC45CCCN4CC(F)C5)nc(N4CC(O)C4(C)C)c3CO2)c2c1ccc(N)c2C#N. The van der Waals surface area contributed by atoms with Crippen LogP contribution in [0.25, 0.3) is 0 Å². The molecule has 4 aliphatic heterocycles. The maximum atomic E-state index is 14.4. The van der Waals surface area contributed by atoms with Gasteiger partial charge in [0.25, 0.3) is 0 Å². The first-order valence-corrected chi connectivity index (χ1v) is 14.6. The van der Waals surface area contributed by atoms with Crippen LogP contribution in [0, 0.1) is 11.3 Å². The molecule has 10 heteroatoms. The molecule has 3 fully saturated rings. The number of rotatable bonds is 4. The molecule has 5 heterocycles. The number of fused-ring (bicyclic) bond motifs is 4. The van der Waals surface area contributed by atoms with Crippen LogP contribution in [0.3, 0.4) is 0 Å². The molecule has 5 aliphatic rings. The van der Waals surface area contributed by atoms with Crippen molar-refractivity contribution < 1.29 is 19.0 Å². The van der Waals surface area contributed by atoms with Gasteiger partial charge in [0.1, 0.15) is 30.3 Å². The fraction of sp³-hybridized carbons (Fsp3) is 0.581. The lowest BCUT2D eigenvalue weighted by Gasteiger charge is -2.54. The number of nitrogens with zero attached hydrogens (tertiary/aromatic N) is 5. The number of β-amino-alcohol motifs (C(OH)–C–C–N with tert-alkyl or cyclic N) is 1. The van der Waals surface area contributed by atoms with Crippen LogP contribution >= 0.6 is 0 Å². The van der Waals surface area contributed by atoms with Crippen LogP contribution in [-0.4, -0.2) is 69.6 Å². The van der Waals surface area contributed by atoms with Crippen molar-refractivity contribution in [3.05, 3.63) is 52.2 Å². The summed E-state index contributed by atoms with van der Waals surface area (Å²) in [6.07, 6.45) is 5.58. The second-order valence-corrected chi connectivity index (χ2v) is 13.0. The number of nitriles is 1. The fourth-order valence-electron chi connectivity index (χ4n) is 7.63. The van der Waals surface area contributed by atoms with E-state index in [1.165, 1.54) is 0 Å². The number of anilines is 2. The molecule has 3 N–H and O–H groups in total. The van der Waals surface area contributed by atoms with Crippen molar-refractivity contribution in [1.29, 1.82) is 5.26 Å². The fourth-order valence-corrected chi connectivity index (χ4v) is 7.63. The van der Waals surface area contributed by atoms with Crippen molar-refractivity contribution in [3.8, 4) is 12.1 Å². The number of hydrogen-bond acceptors (Lipinski definition) is 9. The van der Waals surface area contributed by atoms with Gasteiger partial charge in [0.15, 0.2) is 0 Å². The van der Waals surface area contributed by atoms with Gasteiger partial charge in [0.2, 0.25) is 0 Å². The van der Waals surface area contributed by atoms with Gasteiger partial charge in [-0.1, -0.05) is 25.1 Å². The predicted molar refractivity (Wildman–Crippen MR) is 151 cm³/mol. The maximum Gasteiger partial charge on any atom is 0.318 e. The molecule has 1 aromatic carbocycles. The van der Waals surface area contributed by atoms with E-state index in [9.17, 15) is 14.8 Å². The van der Waals surface area contributed by atoms with E-state index in [0.717, 1.165) is 41.8 Å². The van der Waals surface area contributed by atoms with Gasteiger partial charge < -0.3 is 25.2 Å². The van der Waals surface area contributed by atoms with Gasteiger partial charge in [0.05, 0.1) is 35.0 Å². The topological polar surface area (TPSA) is 121 Å². The van der Waals surface area contributed by atoms with E-state index in [-0.39, 0.29) is 24.1 Å². The van der Waals surface area contributed by atoms with Crippen molar-refractivity contribution in [3.63, 3.8) is 0 Å². The number of benzene rings is 1. The average Bonchev–Trinajstić information content (AvgIpc) is 3.47. The summed E-state index contributed by atoms with van der Waals surface area (Å²) in [5.74, 6) is 0.795. The number of aromatic nitrogens is 2. The molecule has 5 unspecified atom stereocenters. The third-order valence-corrected chi connectivity index (χ3v) is 10.3. The number of ether oxygens (including phenoxy) is 2. The number of halogens is 1. The first-order valence-electron chi connectivity index (χ1n) is 14.6. The molecule has 3 saturated heterocycles. The average molecular weight is 561 g/mol. The molecule has 0 saturated carbocycles. The van der Waals surface area contributed by atoms with Gasteiger partial charge in [-0.2, -0.15) is 15.2 Å². The largest absolute Gasteiger partial charge is 0.461 e. The van der Waals surface area contributed by atoms with Crippen molar-refractivity contribution in [1.82, 2.24) is 14.9 Å². The number of nitrogen functional groups attached to an aromatic ring is 1. The number of aliphatic hydroxyl groups is 1. The Kier molecular flexibility index (Phi) is 5.92. The molecule has 5 atom stereocenters. The molecule has 1 spiro atoms. The quantitative estimate of drug-likeness (QED) is 0.428. The Hall–Kier alpha value is -3.26. The van der Waals surface area contributed by atoms with Gasteiger partial charge in [-0.3, -0.25) is 4.90 Å². The first kappa shape index (κ1) is 26.6. The molecule has 0 radical (unpaired) electrons. The highest BCUT2D eigenvalue weighted by Gasteiger charge is 2.51. The van der Waals surface area contributed by atoms with E-state index in [0.29, 0.717) is 49.6 Å². The van der Waals surface area contributed by atoms with E-state index in [4.69, 9.17) is 25.2 Å². The van der Waals surface area contributed by atoms with E-state index >= 15 is 0 Å². The summed E-state index contributed by atoms with van der Waals surface area (Å²) in [5.41, 5.74) is 8.84. The third kappa shape index (κ3) is 3.89. The van der Waals surface area contributed by atoms with Crippen LogP contribution in [0.2, 0.25) is 0 Å². The lowest BCUT2D eigenvalue weighted by atomic mass is 9.73. The van der Waals surface area contributed by atoms with Crippen molar-refractivity contribution in [2.75, 3.05) is 36.9 Å². The Balaban J connectivity index is 1.30. The summed E-state index contributed by atoms with van der Waals surface area (Å²) in [7, 11) is 0. The standard InChI is InChI=1S/C31H37FN6O3/c1-18-7-9-31(26-20(18)5-6-23(34)21(26)13-33)12-24-22(16-41-31)27(38-15-25(39)29(38,2)3)36-28(35-24)40-17-30-8-4-10-37(30)14-19(32)11-30/h5-7,9,18-19,25,39H,4,8,10-12,14-17,34H2,1-3H3. The summed E-state index contributed by atoms with van der Waals surface area (Å²) in [4.78, 5) is 14.1. The molecular weight excluding hydrogens is 523 g/mol. The van der Waals surface area contributed by atoms with E-state index in [2.05, 4.69) is 28.9 Å². The molecule has 1 aliphatic carbocycles. The van der Waals surface area contributed by atoms with Gasteiger partial charge >= 0.3 is 6.01 Å². The predicted octanol–water partition coefficient (Wildman–Crippen LogP) is 3.49. The summed E-state index contributed by atoms with van der Waals surface area (Å²) in [6, 6.07) is 6.34. The van der Waals surface area contributed by atoms with Crippen LogP contribution in [0.15, 0.2) is 24.3 Å². The van der Waals surface area contributed by atoms with Crippen LogP contribution in [0.5, 0.6) is 6.01 Å². The molecule has 0 amide bonds. The van der Waals surface area contributed by atoms with Gasteiger partial charge in [-0.25, -0.2) is 4.39 Å². The minimum absolute atomic E-state index is 0.107. The highest BCUT2D eigenvalue weighted by Crippen LogP contribution is 2.49. The zero-order valence-electron chi connectivity index (χ0n) is 23.9. The van der Waals surface area contributed by atoms with Crippen molar-refractivity contribution in [2.24, 2.45) is 0 Å². The van der Waals surface area contributed by atoms with Crippen LogP contribution < -0.4 is 15.4 Å². The minimum atomic E-state index is -0.907. The van der Waals surface area contributed by atoms with Gasteiger partial charge in [-0.05, 0) is 50.8 Å². The highest BCUT2D eigenvalue weighted by molar-refractivity contribution is 5.66. The molecule has 0 bridgehead atoms. The Morgan fingerprint density at radius 3 is 2.88 bits per heavy atom.